The lowest BCUT2D eigenvalue weighted by atomic mass is 10.1. The lowest BCUT2D eigenvalue weighted by Gasteiger charge is -2.23. The van der Waals surface area contributed by atoms with Crippen LogP contribution >= 0.6 is 0 Å². The Morgan fingerprint density at radius 1 is 1.41 bits per heavy atom. The molecule has 2 heterocycles. The minimum atomic E-state index is 0.204. The second-order valence-electron chi connectivity index (χ2n) is 5.15. The van der Waals surface area contributed by atoms with Gasteiger partial charge in [0.05, 0.1) is 18.3 Å². The lowest BCUT2D eigenvalue weighted by molar-refractivity contribution is 0.266. The first-order chi connectivity index (χ1) is 8.20. The van der Waals surface area contributed by atoms with E-state index >= 15 is 0 Å². The third-order valence-corrected chi connectivity index (χ3v) is 3.21. The van der Waals surface area contributed by atoms with Gasteiger partial charge < -0.3 is 10.0 Å². The molecule has 1 N–H and O–H groups in total. The van der Waals surface area contributed by atoms with Crippen LogP contribution in [0.4, 0.5) is 5.82 Å². The molecule has 1 aliphatic rings. The molecule has 4 nitrogen and oxygen atoms in total. The van der Waals surface area contributed by atoms with Crippen molar-refractivity contribution in [2.75, 3.05) is 18.1 Å². The molecule has 0 saturated carbocycles. The molecule has 0 amide bonds. The van der Waals surface area contributed by atoms with E-state index < -0.39 is 0 Å². The largest absolute Gasteiger partial charge is 0.394 e. The first-order valence-electron chi connectivity index (χ1n) is 6.41. The van der Waals surface area contributed by atoms with E-state index in [4.69, 9.17) is 0 Å². The zero-order chi connectivity index (χ0) is 12.3. The highest BCUT2D eigenvalue weighted by Gasteiger charge is 2.24. The van der Waals surface area contributed by atoms with Crippen molar-refractivity contribution in [3.8, 4) is 0 Å². The van der Waals surface area contributed by atoms with E-state index in [9.17, 15) is 5.11 Å². The Bertz CT molecular complexity index is 350. The molecule has 1 unspecified atom stereocenters. The van der Waals surface area contributed by atoms with Crippen LogP contribution in [0.15, 0.2) is 12.1 Å². The Hall–Kier alpha value is -1.16. The third kappa shape index (κ3) is 2.94. The summed E-state index contributed by atoms with van der Waals surface area (Å²) in [5.74, 6) is 1.50. The van der Waals surface area contributed by atoms with Gasteiger partial charge in [0.2, 0.25) is 0 Å². The quantitative estimate of drug-likeness (QED) is 0.862. The van der Waals surface area contributed by atoms with Gasteiger partial charge in [0.25, 0.3) is 0 Å². The van der Waals surface area contributed by atoms with Crippen molar-refractivity contribution < 1.29 is 5.11 Å². The monoisotopic (exact) mass is 235 g/mol. The Labute approximate surface area is 103 Å². The molecule has 1 aromatic rings. The molecule has 1 atom stereocenters. The average Bonchev–Trinajstić information content (AvgIpc) is 2.77. The Morgan fingerprint density at radius 2 is 2.24 bits per heavy atom. The summed E-state index contributed by atoms with van der Waals surface area (Å²) in [5, 5.41) is 17.8. The number of rotatable bonds is 4. The molecular formula is C13H21N3O. The molecule has 2 rings (SSSR count). The van der Waals surface area contributed by atoms with Crippen LogP contribution in [-0.2, 0) is 6.42 Å². The maximum Gasteiger partial charge on any atom is 0.151 e. The minimum Gasteiger partial charge on any atom is -0.394 e. The standard InChI is InChI=1S/C13H21N3O/c1-10(2)8-11-5-6-13(15-14-11)16-7-3-4-12(16)9-17/h5-6,10,12,17H,3-4,7-9H2,1-2H3. The van der Waals surface area contributed by atoms with Gasteiger partial charge in [-0.05, 0) is 37.3 Å². The molecule has 1 saturated heterocycles. The molecule has 4 heteroatoms. The Kier molecular flexibility index (Phi) is 3.94. The summed E-state index contributed by atoms with van der Waals surface area (Å²) in [7, 11) is 0. The number of nitrogens with zero attached hydrogens (tertiary/aromatic N) is 3. The highest BCUT2D eigenvalue weighted by molar-refractivity contribution is 5.40. The number of anilines is 1. The molecular weight excluding hydrogens is 214 g/mol. The topological polar surface area (TPSA) is 49.2 Å². The van der Waals surface area contributed by atoms with Crippen LogP contribution in [0.5, 0.6) is 0 Å². The average molecular weight is 235 g/mol. The van der Waals surface area contributed by atoms with Gasteiger partial charge in [-0.15, -0.1) is 5.10 Å². The van der Waals surface area contributed by atoms with E-state index in [1.165, 1.54) is 0 Å². The van der Waals surface area contributed by atoms with E-state index in [1.807, 2.05) is 6.07 Å². The smallest absolute Gasteiger partial charge is 0.151 e. The predicted octanol–water partition coefficient (Wildman–Crippen LogP) is 1.64. The van der Waals surface area contributed by atoms with Gasteiger partial charge in [0, 0.05) is 6.54 Å². The molecule has 0 bridgehead atoms. The summed E-state index contributed by atoms with van der Waals surface area (Å²) in [6, 6.07) is 4.30. The fourth-order valence-corrected chi connectivity index (χ4v) is 2.36. The van der Waals surface area contributed by atoms with Crippen LogP contribution in [0.25, 0.3) is 0 Å². The molecule has 94 valence electrons. The highest BCUT2D eigenvalue weighted by atomic mass is 16.3. The summed E-state index contributed by atoms with van der Waals surface area (Å²) in [5.41, 5.74) is 1.04. The van der Waals surface area contributed by atoms with E-state index in [0.717, 1.165) is 37.3 Å². The van der Waals surface area contributed by atoms with Gasteiger partial charge in [0.15, 0.2) is 5.82 Å². The minimum absolute atomic E-state index is 0.204. The molecule has 1 aliphatic heterocycles. The zero-order valence-electron chi connectivity index (χ0n) is 10.6. The second-order valence-corrected chi connectivity index (χ2v) is 5.15. The number of aliphatic hydroxyl groups is 1. The summed E-state index contributed by atoms with van der Waals surface area (Å²) in [6.45, 7) is 5.54. The first-order valence-corrected chi connectivity index (χ1v) is 6.41. The first kappa shape index (κ1) is 12.3. The lowest BCUT2D eigenvalue weighted by Crippen LogP contribution is -2.32. The van der Waals surface area contributed by atoms with E-state index in [1.54, 1.807) is 0 Å². The third-order valence-electron chi connectivity index (χ3n) is 3.21. The second kappa shape index (κ2) is 5.45. The molecule has 1 aromatic heterocycles. The van der Waals surface area contributed by atoms with Crippen molar-refractivity contribution in [2.45, 2.75) is 39.2 Å². The fourth-order valence-electron chi connectivity index (χ4n) is 2.36. The van der Waals surface area contributed by atoms with Crippen LogP contribution in [0.2, 0.25) is 0 Å². The summed E-state index contributed by atoms with van der Waals surface area (Å²) >= 11 is 0. The molecule has 0 radical (unpaired) electrons. The van der Waals surface area contributed by atoms with Crippen LogP contribution in [-0.4, -0.2) is 34.5 Å². The van der Waals surface area contributed by atoms with Crippen LogP contribution < -0.4 is 4.90 Å². The number of aromatic nitrogens is 2. The molecule has 17 heavy (non-hydrogen) atoms. The fraction of sp³-hybridized carbons (Fsp3) is 0.692. The normalized spacial score (nSPS) is 20.2. The molecule has 0 spiro atoms. The Morgan fingerprint density at radius 3 is 2.82 bits per heavy atom. The maximum absolute atomic E-state index is 9.28. The van der Waals surface area contributed by atoms with Crippen molar-refractivity contribution in [3.05, 3.63) is 17.8 Å². The van der Waals surface area contributed by atoms with Crippen molar-refractivity contribution in [1.29, 1.82) is 0 Å². The van der Waals surface area contributed by atoms with Gasteiger partial charge in [-0.25, -0.2) is 0 Å². The molecule has 0 aliphatic carbocycles. The number of aliphatic hydroxyl groups excluding tert-OH is 1. The van der Waals surface area contributed by atoms with E-state index in [-0.39, 0.29) is 12.6 Å². The zero-order valence-corrected chi connectivity index (χ0v) is 10.6. The van der Waals surface area contributed by atoms with Crippen molar-refractivity contribution in [1.82, 2.24) is 10.2 Å². The van der Waals surface area contributed by atoms with Gasteiger partial charge in [-0.1, -0.05) is 13.8 Å². The highest BCUT2D eigenvalue weighted by Crippen LogP contribution is 2.23. The van der Waals surface area contributed by atoms with Crippen LogP contribution in [0, 0.1) is 5.92 Å². The summed E-state index contributed by atoms with van der Waals surface area (Å²) in [4.78, 5) is 2.16. The molecule has 0 aromatic carbocycles. The van der Waals surface area contributed by atoms with Crippen molar-refractivity contribution in [3.63, 3.8) is 0 Å². The van der Waals surface area contributed by atoms with Gasteiger partial charge in [0.1, 0.15) is 0 Å². The summed E-state index contributed by atoms with van der Waals surface area (Å²) < 4.78 is 0. The Balaban J connectivity index is 2.07. The summed E-state index contributed by atoms with van der Waals surface area (Å²) in [6.07, 6.45) is 3.14. The number of hydrogen-bond acceptors (Lipinski definition) is 4. The van der Waals surface area contributed by atoms with Gasteiger partial charge >= 0.3 is 0 Å². The number of hydrogen-bond donors (Lipinski definition) is 1. The van der Waals surface area contributed by atoms with Crippen molar-refractivity contribution in [2.24, 2.45) is 5.92 Å². The SMILES string of the molecule is CC(C)Cc1ccc(N2CCCC2CO)nn1. The maximum atomic E-state index is 9.28. The predicted molar refractivity (Wildman–Crippen MR) is 68.0 cm³/mol. The van der Waals surface area contributed by atoms with Crippen LogP contribution in [0.3, 0.4) is 0 Å². The van der Waals surface area contributed by atoms with Gasteiger partial charge in [-0.3, -0.25) is 0 Å². The van der Waals surface area contributed by atoms with E-state index in [2.05, 4.69) is 35.0 Å². The van der Waals surface area contributed by atoms with Gasteiger partial charge in [-0.2, -0.15) is 5.10 Å². The van der Waals surface area contributed by atoms with E-state index in [0.29, 0.717) is 5.92 Å². The van der Waals surface area contributed by atoms with Crippen LogP contribution in [0.1, 0.15) is 32.4 Å². The molecule has 1 fully saturated rings. The van der Waals surface area contributed by atoms with Crippen molar-refractivity contribution >= 4 is 5.82 Å².